The smallest absolute Gasteiger partial charge is 0.151 e. The summed E-state index contributed by atoms with van der Waals surface area (Å²) in [5, 5.41) is 9.46. The fourth-order valence-corrected chi connectivity index (χ4v) is 4.31. The van der Waals surface area contributed by atoms with Crippen molar-refractivity contribution in [3.05, 3.63) is 29.8 Å². The summed E-state index contributed by atoms with van der Waals surface area (Å²) < 4.78 is 0. The largest absolute Gasteiger partial charge is 0.508 e. The molecule has 1 aliphatic rings. The standard InChI is InChI=1S/C12H14O2S2/c13-10-3-1-2-9(6-10)7-11(14)12-8-15-4-5-16-12/h1-3,6,12-13H,4-5,7-8H2. The van der Waals surface area contributed by atoms with E-state index in [0.29, 0.717) is 6.42 Å². The fraction of sp³-hybridized carbons (Fsp3) is 0.417. The lowest BCUT2D eigenvalue weighted by atomic mass is 10.1. The summed E-state index contributed by atoms with van der Waals surface area (Å²) in [6, 6.07) is 6.96. The lowest BCUT2D eigenvalue weighted by Gasteiger charge is -2.19. The molecule has 0 radical (unpaired) electrons. The summed E-state index contributed by atoms with van der Waals surface area (Å²) >= 11 is 3.62. The van der Waals surface area contributed by atoms with E-state index in [9.17, 15) is 9.90 Å². The highest BCUT2D eigenvalue weighted by atomic mass is 32.2. The molecular weight excluding hydrogens is 240 g/mol. The molecule has 1 aromatic rings. The van der Waals surface area contributed by atoms with Crippen molar-refractivity contribution in [1.82, 2.24) is 0 Å². The van der Waals surface area contributed by atoms with Gasteiger partial charge < -0.3 is 5.11 Å². The lowest BCUT2D eigenvalue weighted by Crippen LogP contribution is -2.25. The summed E-state index contributed by atoms with van der Waals surface area (Å²) in [5.74, 6) is 3.67. The number of carbonyl (C=O) groups is 1. The van der Waals surface area contributed by atoms with Crippen LogP contribution in [0.15, 0.2) is 24.3 Å². The van der Waals surface area contributed by atoms with Gasteiger partial charge in [-0.1, -0.05) is 12.1 Å². The van der Waals surface area contributed by atoms with Crippen LogP contribution in [0.2, 0.25) is 0 Å². The van der Waals surface area contributed by atoms with Crippen LogP contribution in [-0.2, 0) is 11.2 Å². The highest BCUT2D eigenvalue weighted by Crippen LogP contribution is 2.25. The quantitative estimate of drug-likeness (QED) is 0.898. The monoisotopic (exact) mass is 254 g/mol. The summed E-state index contributed by atoms with van der Waals surface area (Å²) in [6.07, 6.45) is 0.437. The van der Waals surface area contributed by atoms with Crippen LogP contribution >= 0.6 is 23.5 Å². The Labute approximate surface area is 104 Å². The van der Waals surface area contributed by atoms with Gasteiger partial charge in [0.1, 0.15) is 5.75 Å². The van der Waals surface area contributed by atoms with E-state index >= 15 is 0 Å². The van der Waals surface area contributed by atoms with E-state index in [1.807, 2.05) is 17.8 Å². The Balaban J connectivity index is 1.96. The topological polar surface area (TPSA) is 37.3 Å². The molecule has 1 aromatic carbocycles. The third-order valence-corrected chi connectivity index (χ3v) is 5.27. The van der Waals surface area contributed by atoms with Gasteiger partial charge in [-0.3, -0.25) is 4.79 Å². The molecule has 1 atom stereocenters. The molecule has 0 spiro atoms. The lowest BCUT2D eigenvalue weighted by molar-refractivity contribution is -0.117. The van der Waals surface area contributed by atoms with E-state index in [2.05, 4.69) is 0 Å². The molecule has 1 unspecified atom stereocenters. The minimum atomic E-state index is 0.140. The minimum absolute atomic E-state index is 0.140. The summed E-state index contributed by atoms with van der Waals surface area (Å²) in [5.41, 5.74) is 0.904. The molecule has 2 nitrogen and oxygen atoms in total. The van der Waals surface area contributed by atoms with Gasteiger partial charge >= 0.3 is 0 Å². The van der Waals surface area contributed by atoms with E-state index in [1.54, 1.807) is 30.0 Å². The second-order valence-corrected chi connectivity index (χ2v) is 6.21. The van der Waals surface area contributed by atoms with Crippen molar-refractivity contribution in [2.75, 3.05) is 17.3 Å². The molecule has 0 aliphatic carbocycles. The average molecular weight is 254 g/mol. The molecular formula is C12H14O2S2. The molecule has 2 rings (SSSR count). The van der Waals surface area contributed by atoms with Crippen molar-refractivity contribution in [1.29, 1.82) is 0 Å². The third-order valence-electron chi connectivity index (χ3n) is 2.46. The molecule has 0 aromatic heterocycles. The average Bonchev–Trinajstić information content (AvgIpc) is 2.30. The van der Waals surface area contributed by atoms with Crippen LogP contribution in [0.4, 0.5) is 0 Å². The van der Waals surface area contributed by atoms with Gasteiger partial charge in [0.2, 0.25) is 0 Å². The van der Waals surface area contributed by atoms with Gasteiger partial charge in [-0.25, -0.2) is 0 Å². The number of ketones is 1. The molecule has 1 saturated heterocycles. The van der Waals surface area contributed by atoms with Crippen molar-refractivity contribution < 1.29 is 9.90 Å². The molecule has 1 heterocycles. The third kappa shape index (κ3) is 3.19. The van der Waals surface area contributed by atoms with Crippen LogP contribution in [0, 0.1) is 0 Å². The number of aromatic hydroxyl groups is 1. The number of benzene rings is 1. The predicted octanol–water partition coefficient (Wildman–Crippen LogP) is 2.35. The van der Waals surface area contributed by atoms with Gasteiger partial charge in [0.15, 0.2) is 5.78 Å². The maximum Gasteiger partial charge on any atom is 0.151 e. The van der Waals surface area contributed by atoms with Crippen LogP contribution in [0.25, 0.3) is 0 Å². The maximum atomic E-state index is 12.0. The summed E-state index contributed by atoms with van der Waals surface area (Å²) in [4.78, 5) is 12.0. The molecule has 1 aliphatic heterocycles. The number of phenolic OH excluding ortho intramolecular Hbond substituents is 1. The van der Waals surface area contributed by atoms with Crippen LogP contribution < -0.4 is 0 Å². The van der Waals surface area contributed by atoms with Crippen LogP contribution in [-0.4, -0.2) is 33.4 Å². The molecule has 4 heteroatoms. The van der Waals surface area contributed by atoms with Crippen LogP contribution in [0.5, 0.6) is 5.75 Å². The number of rotatable bonds is 3. The second kappa shape index (κ2) is 5.64. The van der Waals surface area contributed by atoms with E-state index < -0.39 is 0 Å². The zero-order valence-electron chi connectivity index (χ0n) is 8.89. The first-order valence-electron chi connectivity index (χ1n) is 5.25. The Morgan fingerprint density at radius 2 is 2.31 bits per heavy atom. The number of phenols is 1. The second-order valence-electron chi connectivity index (χ2n) is 3.75. The van der Waals surface area contributed by atoms with Crippen molar-refractivity contribution in [2.24, 2.45) is 0 Å². The van der Waals surface area contributed by atoms with Gasteiger partial charge in [0.25, 0.3) is 0 Å². The Morgan fingerprint density at radius 1 is 1.44 bits per heavy atom. The van der Waals surface area contributed by atoms with Gasteiger partial charge in [0.05, 0.1) is 5.25 Å². The molecule has 1 fully saturated rings. The van der Waals surface area contributed by atoms with E-state index in [1.165, 1.54) is 0 Å². The first kappa shape index (κ1) is 11.9. The number of carbonyl (C=O) groups excluding carboxylic acids is 1. The number of Topliss-reactive ketones (excluding diaryl/α,β-unsaturated/α-hetero) is 1. The minimum Gasteiger partial charge on any atom is -0.508 e. The van der Waals surface area contributed by atoms with Crippen LogP contribution in [0.3, 0.4) is 0 Å². The molecule has 0 saturated carbocycles. The first-order chi connectivity index (χ1) is 7.75. The van der Waals surface area contributed by atoms with E-state index in [-0.39, 0.29) is 16.8 Å². The Kier molecular flexibility index (Phi) is 4.18. The molecule has 0 bridgehead atoms. The molecule has 16 heavy (non-hydrogen) atoms. The molecule has 0 amide bonds. The zero-order chi connectivity index (χ0) is 11.4. The van der Waals surface area contributed by atoms with Crippen molar-refractivity contribution in [3.8, 4) is 5.75 Å². The summed E-state index contributed by atoms with van der Waals surface area (Å²) in [7, 11) is 0. The van der Waals surface area contributed by atoms with Gasteiger partial charge in [-0.05, 0) is 17.7 Å². The Bertz CT molecular complexity index is 373. The predicted molar refractivity (Wildman–Crippen MR) is 70.4 cm³/mol. The van der Waals surface area contributed by atoms with Crippen LogP contribution in [0.1, 0.15) is 5.56 Å². The number of thioether (sulfide) groups is 2. The Hall–Kier alpha value is -0.610. The zero-order valence-corrected chi connectivity index (χ0v) is 10.5. The van der Waals surface area contributed by atoms with Crippen molar-refractivity contribution in [3.63, 3.8) is 0 Å². The van der Waals surface area contributed by atoms with E-state index in [0.717, 1.165) is 22.8 Å². The normalized spacial score (nSPS) is 20.6. The van der Waals surface area contributed by atoms with Gasteiger partial charge in [-0.2, -0.15) is 11.8 Å². The fourth-order valence-electron chi connectivity index (χ4n) is 1.66. The van der Waals surface area contributed by atoms with Gasteiger partial charge in [-0.15, -0.1) is 11.8 Å². The highest BCUT2D eigenvalue weighted by molar-refractivity contribution is 8.07. The number of hydrogen-bond donors (Lipinski definition) is 1. The summed E-state index contributed by atoms with van der Waals surface area (Å²) in [6.45, 7) is 0. The maximum absolute atomic E-state index is 12.0. The molecule has 1 N–H and O–H groups in total. The van der Waals surface area contributed by atoms with Gasteiger partial charge in [0, 0.05) is 23.7 Å². The highest BCUT2D eigenvalue weighted by Gasteiger charge is 2.21. The Morgan fingerprint density at radius 3 is 3.00 bits per heavy atom. The first-order valence-corrected chi connectivity index (χ1v) is 7.46. The van der Waals surface area contributed by atoms with Crippen molar-refractivity contribution in [2.45, 2.75) is 11.7 Å². The number of hydrogen-bond acceptors (Lipinski definition) is 4. The molecule has 86 valence electrons. The SMILES string of the molecule is O=C(Cc1cccc(O)c1)C1CSCCS1. The van der Waals surface area contributed by atoms with Crippen molar-refractivity contribution >= 4 is 29.3 Å². The van der Waals surface area contributed by atoms with E-state index in [4.69, 9.17) is 0 Å².